The third-order valence-electron chi connectivity index (χ3n) is 4.95. The van der Waals surface area contributed by atoms with Crippen LogP contribution in [-0.4, -0.2) is 48.6 Å². The van der Waals surface area contributed by atoms with E-state index in [1.165, 1.54) is 11.1 Å². The minimum atomic E-state index is 0.267. The molecule has 0 radical (unpaired) electrons. The first kappa shape index (κ1) is 18.0. The van der Waals surface area contributed by atoms with Crippen molar-refractivity contribution in [1.82, 2.24) is 9.80 Å². The van der Waals surface area contributed by atoms with Gasteiger partial charge in [0.15, 0.2) is 0 Å². The SMILES string of the molecule is CCC(CN1CCN(Cc2ccccc2)CC1)Oc1ccc(C)cc1. The molecule has 1 atom stereocenters. The zero-order valence-electron chi connectivity index (χ0n) is 15.5. The first-order valence-corrected chi connectivity index (χ1v) is 9.45. The molecule has 1 aliphatic heterocycles. The van der Waals surface area contributed by atoms with E-state index in [9.17, 15) is 0 Å². The van der Waals surface area contributed by atoms with E-state index in [2.05, 4.69) is 78.2 Å². The number of piperazine rings is 1. The van der Waals surface area contributed by atoms with Gasteiger partial charge in [-0.15, -0.1) is 0 Å². The molecule has 0 N–H and O–H groups in total. The molecule has 3 heteroatoms. The van der Waals surface area contributed by atoms with Crippen molar-refractivity contribution in [2.45, 2.75) is 32.9 Å². The van der Waals surface area contributed by atoms with Crippen LogP contribution in [0.4, 0.5) is 0 Å². The highest BCUT2D eigenvalue weighted by molar-refractivity contribution is 5.26. The van der Waals surface area contributed by atoms with E-state index in [4.69, 9.17) is 4.74 Å². The molecule has 0 bridgehead atoms. The molecule has 3 nitrogen and oxygen atoms in total. The third kappa shape index (κ3) is 5.58. The molecule has 1 saturated heterocycles. The lowest BCUT2D eigenvalue weighted by atomic mass is 10.2. The molecule has 1 unspecified atom stereocenters. The Balaban J connectivity index is 1.44. The second kappa shape index (κ2) is 9.02. The van der Waals surface area contributed by atoms with Gasteiger partial charge in [0.1, 0.15) is 11.9 Å². The largest absolute Gasteiger partial charge is 0.489 e. The van der Waals surface area contributed by atoms with Gasteiger partial charge in [-0.3, -0.25) is 9.80 Å². The maximum Gasteiger partial charge on any atom is 0.119 e. The second-order valence-electron chi connectivity index (χ2n) is 7.02. The number of nitrogens with zero attached hydrogens (tertiary/aromatic N) is 2. The predicted octanol–water partition coefficient (Wildman–Crippen LogP) is 3.97. The molecule has 0 saturated carbocycles. The van der Waals surface area contributed by atoms with Crippen LogP contribution in [0.1, 0.15) is 24.5 Å². The molecule has 25 heavy (non-hydrogen) atoms. The Hall–Kier alpha value is -1.84. The third-order valence-corrected chi connectivity index (χ3v) is 4.95. The quantitative estimate of drug-likeness (QED) is 0.760. The molecule has 1 fully saturated rings. The van der Waals surface area contributed by atoms with Gasteiger partial charge in [0.2, 0.25) is 0 Å². The normalized spacial score (nSPS) is 17.4. The topological polar surface area (TPSA) is 15.7 Å². The van der Waals surface area contributed by atoms with Crippen molar-refractivity contribution in [1.29, 1.82) is 0 Å². The molecule has 0 amide bonds. The lowest BCUT2D eigenvalue weighted by molar-refractivity contribution is 0.0794. The van der Waals surface area contributed by atoms with E-state index in [1.54, 1.807) is 0 Å². The summed E-state index contributed by atoms with van der Waals surface area (Å²) in [6, 6.07) is 19.2. The summed E-state index contributed by atoms with van der Waals surface area (Å²) in [6.07, 6.45) is 1.31. The number of rotatable bonds is 7. The number of aryl methyl sites for hydroxylation is 1. The first-order valence-electron chi connectivity index (χ1n) is 9.45. The molecule has 0 aliphatic carbocycles. The molecular formula is C22H30N2O. The van der Waals surface area contributed by atoms with Crippen LogP contribution in [0.15, 0.2) is 54.6 Å². The van der Waals surface area contributed by atoms with Gasteiger partial charge in [0.25, 0.3) is 0 Å². The summed E-state index contributed by atoms with van der Waals surface area (Å²) in [5.74, 6) is 0.986. The van der Waals surface area contributed by atoms with Crippen LogP contribution in [0.2, 0.25) is 0 Å². The Morgan fingerprint density at radius 3 is 2.16 bits per heavy atom. The van der Waals surface area contributed by atoms with Gasteiger partial charge in [-0.2, -0.15) is 0 Å². The maximum absolute atomic E-state index is 6.19. The highest BCUT2D eigenvalue weighted by atomic mass is 16.5. The van der Waals surface area contributed by atoms with Crippen LogP contribution >= 0.6 is 0 Å². The summed E-state index contributed by atoms with van der Waals surface area (Å²) in [5, 5.41) is 0. The summed E-state index contributed by atoms with van der Waals surface area (Å²) in [7, 11) is 0. The fraction of sp³-hybridized carbons (Fsp3) is 0.455. The van der Waals surface area contributed by atoms with Crippen LogP contribution in [0, 0.1) is 6.92 Å². The molecular weight excluding hydrogens is 308 g/mol. The highest BCUT2D eigenvalue weighted by Crippen LogP contribution is 2.16. The van der Waals surface area contributed by atoms with Gasteiger partial charge in [-0.1, -0.05) is 55.0 Å². The first-order chi connectivity index (χ1) is 12.2. The van der Waals surface area contributed by atoms with E-state index < -0.39 is 0 Å². The molecule has 2 aromatic rings. The van der Waals surface area contributed by atoms with E-state index in [0.29, 0.717) is 0 Å². The van der Waals surface area contributed by atoms with Crippen molar-refractivity contribution in [3.8, 4) is 5.75 Å². The summed E-state index contributed by atoms with van der Waals surface area (Å²) in [4.78, 5) is 5.09. The minimum absolute atomic E-state index is 0.267. The fourth-order valence-corrected chi connectivity index (χ4v) is 3.32. The van der Waals surface area contributed by atoms with Crippen molar-refractivity contribution in [3.05, 3.63) is 65.7 Å². The predicted molar refractivity (Wildman–Crippen MR) is 104 cm³/mol. The van der Waals surface area contributed by atoms with E-state index in [1.807, 2.05) is 0 Å². The summed E-state index contributed by atoms with van der Waals surface area (Å²) in [6.45, 7) is 10.9. The van der Waals surface area contributed by atoms with Crippen LogP contribution in [-0.2, 0) is 6.54 Å². The Labute approximate surface area is 152 Å². The zero-order valence-corrected chi connectivity index (χ0v) is 15.5. The maximum atomic E-state index is 6.19. The van der Waals surface area contributed by atoms with Crippen LogP contribution in [0.25, 0.3) is 0 Å². The Morgan fingerprint density at radius 2 is 1.52 bits per heavy atom. The Morgan fingerprint density at radius 1 is 0.880 bits per heavy atom. The van der Waals surface area contributed by atoms with Crippen LogP contribution in [0.3, 0.4) is 0 Å². The molecule has 2 aromatic carbocycles. The van der Waals surface area contributed by atoms with Crippen LogP contribution in [0.5, 0.6) is 5.75 Å². The van der Waals surface area contributed by atoms with Gasteiger partial charge < -0.3 is 4.74 Å². The molecule has 3 rings (SSSR count). The molecule has 1 heterocycles. The van der Waals surface area contributed by atoms with Gasteiger partial charge in [-0.25, -0.2) is 0 Å². The smallest absolute Gasteiger partial charge is 0.119 e. The van der Waals surface area contributed by atoms with E-state index >= 15 is 0 Å². The van der Waals surface area contributed by atoms with Gasteiger partial charge in [-0.05, 0) is 31.0 Å². The zero-order chi connectivity index (χ0) is 17.5. The standard InChI is InChI=1S/C22H30N2O/c1-3-21(25-22-11-9-19(2)10-12-22)18-24-15-13-23(14-16-24)17-20-7-5-4-6-8-20/h4-12,21H,3,13-18H2,1-2H3. The van der Waals surface area contributed by atoms with Gasteiger partial charge >= 0.3 is 0 Å². The summed E-state index contributed by atoms with van der Waals surface area (Å²) < 4.78 is 6.19. The van der Waals surface area contributed by atoms with Crippen molar-refractivity contribution in [2.75, 3.05) is 32.7 Å². The molecule has 1 aliphatic rings. The van der Waals surface area contributed by atoms with Crippen molar-refractivity contribution in [3.63, 3.8) is 0 Å². The summed E-state index contributed by atoms with van der Waals surface area (Å²) in [5.41, 5.74) is 2.68. The molecule has 0 spiro atoms. The molecule has 134 valence electrons. The highest BCUT2D eigenvalue weighted by Gasteiger charge is 2.20. The number of hydrogen-bond donors (Lipinski definition) is 0. The van der Waals surface area contributed by atoms with Gasteiger partial charge in [0.05, 0.1) is 0 Å². The minimum Gasteiger partial charge on any atom is -0.489 e. The number of hydrogen-bond acceptors (Lipinski definition) is 3. The van der Waals surface area contributed by atoms with E-state index in [0.717, 1.165) is 51.4 Å². The van der Waals surface area contributed by atoms with Gasteiger partial charge in [0, 0.05) is 39.3 Å². The molecule has 0 aromatic heterocycles. The van der Waals surface area contributed by atoms with E-state index in [-0.39, 0.29) is 6.10 Å². The Bertz CT molecular complexity index is 618. The average molecular weight is 338 g/mol. The Kier molecular flexibility index (Phi) is 6.48. The second-order valence-corrected chi connectivity index (χ2v) is 7.02. The lowest BCUT2D eigenvalue weighted by Crippen LogP contribution is -2.48. The van der Waals surface area contributed by atoms with Crippen molar-refractivity contribution in [2.24, 2.45) is 0 Å². The average Bonchev–Trinajstić information content (AvgIpc) is 2.65. The lowest BCUT2D eigenvalue weighted by Gasteiger charge is -2.36. The monoisotopic (exact) mass is 338 g/mol. The van der Waals surface area contributed by atoms with Crippen molar-refractivity contribution < 1.29 is 4.74 Å². The van der Waals surface area contributed by atoms with Crippen LogP contribution < -0.4 is 4.74 Å². The number of benzene rings is 2. The van der Waals surface area contributed by atoms with Crippen molar-refractivity contribution >= 4 is 0 Å². The summed E-state index contributed by atoms with van der Waals surface area (Å²) >= 11 is 0. The fourth-order valence-electron chi connectivity index (χ4n) is 3.32. The number of ether oxygens (including phenoxy) is 1.